The second-order valence-electron chi connectivity index (χ2n) is 8.61. The average Bonchev–Trinajstić information content (AvgIpc) is 3.28. The summed E-state index contributed by atoms with van der Waals surface area (Å²) in [6.07, 6.45) is 0.960. The van der Waals surface area contributed by atoms with Crippen molar-refractivity contribution in [3.05, 3.63) is 0 Å². The van der Waals surface area contributed by atoms with Crippen molar-refractivity contribution in [1.29, 1.82) is 0 Å². The number of nitrogens with two attached hydrogens (primary N) is 3. The lowest BCUT2D eigenvalue weighted by atomic mass is 9.99. The zero-order valence-corrected chi connectivity index (χ0v) is 20.1. The van der Waals surface area contributed by atoms with E-state index in [1.807, 2.05) is 6.92 Å². The summed E-state index contributed by atoms with van der Waals surface area (Å²) in [6.45, 7) is 3.94. The van der Waals surface area contributed by atoms with Crippen LogP contribution in [0.1, 0.15) is 52.4 Å². The number of carboxylic acid groups (broad SMARTS) is 2. The minimum Gasteiger partial charge on any atom is -0.481 e. The van der Waals surface area contributed by atoms with Crippen molar-refractivity contribution >= 4 is 35.6 Å². The number of aliphatic carboxylic acids is 2. The van der Waals surface area contributed by atoms with Gasteiger partial charge >= 0.3 is 11.9 Å². The number of likely N-dealkylation sites (tertiary alicyclic amines) is 1. The highest BCUT2D eigenvalue weighted by Crippen LogP contribution is 2.20. The van der Waals surface area contributed by atoms with E-state index in [4.69, 9.17) is 17.2 Å². The maximum absolute atomic E-state index is 13.2. The number of hydrogen-bond acceptors (Lipinski definition) is 7. The Morgan fingerprint density at radius 2 is 1.71 bits per heavy atom. The van der Waals surface area contributed by atoms with E-state index in [1.54, 1.807) is 6.92 Å². The van der Waals surface area contributed by atoms with E-state index in [-0.39, 0.29) is 44.2 Å². The molecule has 1 heterocycles. The van der Waals surface area contributed by atoms with E-state index in [0.29, 0.717) is 12.8 Å². The van der Waals surface area contributed by atoms with Gasteiger partial charge in [-0.05, 0) is 31.6 Å². The summed E-state index contributed by atoms with van der Waals surface area (Å²) < 4.78 is 0. The molecule has 198 valence electrons. The van der Waals surface area contributed by atoms with Gasteiger partial charge in [-0.1, -0.05) is 20.3 Å². The first-order valence-corrected chi connectivity index (χ1v) is 11.6. The van der Waals surface area contributed by atoms with Crippen LogP contribution >= 0.6 is 0 Å². The smallest absolute Gasteiger partial charge is 0.326 e. The molecule has 0 bridgehead atoms. The van der Waals surface area contributed by atoms with Crippen molar-refractivity contribution in [2.75, 3.05) is 13.1 Å². The van der Waals surface area contributed by atoms with Crippen LogP contribution in [0.4, 0.5) is 0 Å². The van der Waals surface area contributed by atoms with Crippen LogP contribution in [0.2, 0.25) is 0 Å². The minimum absolute atomic E-state index is 0.0598. The van der Waals surface area contributed by atoms with Crippen LogP contribution in [0.15, 0.2) is 4.99 Å². The molecular weight excluding hydrogens is 462 g/mol. The highest BCUT2D eigenvalue weighted by molar-refractivity contribution is 5.95. The molecule has 0 aromatic rings. The van der Waals surface area contributed by atoms with Crippen LogP contribution in [-0.4, -0.2) is 88.0 Å². The van der Waals surface area contributed by atoms with E-state index >= 15 is 0 Å². The number of carboxylic acids is 2. The fraction of sp³-hybridized carbons (Fsp3) is 0.714. The summed E-state index contributed by atoms with van der Waals surface area (Å²) in [4.78, 5) is 66.5. The first-order valence-electron chi connectivity index (χ1n) is 11.6. The highest BCUT2D eigenvalue weighted by atomic mass is 16.4. The van der Waals surface area contributed by atoms with Crippen LogP contribution in [0, 0.1) is 5.92 Å². The summed E-state index contributed by atoms with van der Waals surface area (Å²) in [5, 5.41) is 23.5. The van der Waals surface area contributed by atoms with Crippen molar-refractivity contribution in [2.24, 2.45) is 28.1 Å². The van der Waals surface area contributed by atoms with Gasteiger partial charge in [0.05, 0.1) is 12.5 Å². The standard InChI is InChI=1S/C21H37N7O7/c1-3-11(2)16(22)18(32)27-13(10-15(29)30)17(31)26-12(6-4-8-25-21(23)24)19(33)28-9-5-7-14(28)20(34)35/h11-14,16H,3-10,22H2,1-2H3,(H,26,31)(H,27,32)(H,29,30)(H,34,35)(H4,23,24,25). The lowest BCUT2D eigenvalue weighted by Crippen LogP contribution is -2.58. The third-order valence-corrected chi connectivity index (χ3v) is 5.95. The predicted octanol–water partition coefficient (Wildman–Crippen LogP) is -2.07. The summed E-state index contributed by atoms with van der Waals surface area (Å²) in [5.41, 5.74) is 16.5. The Labute approximate surface area is 203 Å². The number of hydrogen-bond donors (Lipinski definition) is 7. The number of carbonyl (C=O) groups excluding carboxylic acids is 3. The van der Waals surface area contributed by atoms with Gasteiger partial charge in [0, 0.05) is 13.1 Å². The molecule has 0 aliphatic carbocycles. The molecule has 14 heteroatoms. The Hall–Kier alpha value is -3.42. The number of carbonyl (C=O) groups is 5. The minimum atomic E-state index is -1.49. The Morgan fingerprint density at radius 1 is 1.09 bits per heavy atom. The molecule has 1 aliphatic rings. The van der Waals surface area contributed by atoms with Gasteiger partial charge in [0.15, 0.2) is 5.96 Å². The molecule has 0 saturated carbocycles. The largest absolute Gasteiger partial charge is 0.481 e. The average molecular weight is 500 g/mol. The molecule has 0 radical (unpaired) electrons. The van der Waals surface area contributed by atoms with Crippen LogP contribution in [0.25, 0.3) is 0 Å². The predicted molar refractivity (Wildman–Crippen MR) is 126 cm³/mol. The van der Waals surface area contributed by atoms with Gasteiger partial charge in [-0.25, -0.2) is 4.79 Å². The number of nitrogens with zero attached hydrogens (tertiary/aromatic N) is 2. The Kier molecular flexibility index (Phi) is 11.9. The van der Waals surface area contributed by atoms with E-state index in [2.05, 4.69) is 15.6 Å². The number of aliphatic imine (C=N–C) groups is 1. The van der Waals surface area contributed by atoms with Crippen molar-refractivity contribution in [2.45, 2.75) is 76.5 Å². The molecule has 5 atom stereocenters. The van der Waals surface area contributed by atoms with Crippen molar-refractivity contribution < 1.29 is 34.2 Å². The van der Waals surface area contributed by atoms with E-state index in [9.17, 15) is 34.2 Å². The molecule has 3 amide bonds. The fourth-order valence-corrected chi connectivity index (χ4v) is 3.68. The van der Waals surface area contributed by atoms with Gasteiger partial charge in [-0.3, -0.25) is 24.2 Å². The van der Waals surface area contributed by atoms with Gasteiger partial charge < -0.3 is 42.9 Å². The van der Waals surface area contributed by atoms with Gasteiger partial charge in [-0.15, -0.1) is 0 Å². The highest BCUT2D eigenvalue weighted by Gasteiger charge is 2.38. The van der Waals surface area contributed by atoms with Crippen LogP contribution < -0.4 is 27.8 Å². The number of nitrogens with one attached hydrogen (secondary N) is 2. The topological polar surface area (TPSA) is 244 Å². The third kappa shape index (κ3) is 9.39. The SMILES string of the molecule is CCC(C)C(N)C(=O)NC(CC(=O)O)C(=O)NC(CCCN=C(N)N)C(=O)N1CCCC1C(=O)O. The summed E-state index contributed by atoms with van der Waals surface area (Å²) in [7, 11) is 0. The Balaban J connectivity index is 3.06. The summed E-state index contributed by atoms with van der Waals surface area (Å²) in [6, 6.07) is -4.64. The molecule has 0 aromatic heterocycles. The monoisotopic (exact) mass is 499 g/mol. The maximum atomic E-state index is 13.2. The third-order valence-electron chi connectivity index (χ3n) is 5.95. The number of amides is 3. The fourth-order valence-electron chi connectivity index (χ4n) is 3.68. The van der Waals surface area contributed by atoms with E-state index < -0.39 is 60.2 Å². The van der Waals surface area contributed by atoms with E-state index in [1.165, 1.54) is 4.90 Å². The molecule has 0 spiro atoms. The van der Waals surface area contributed by atoms with Crippen LogP contribution in [0.5, 0.6) is 0 Å². The van der Waals surface area contributed by atoms with Gasteiger partial charge in [0.1, 0.15) is 18.1 Å². The lowest BCUT2D eigenvalue weighted by molar-refractivity contribution is -0.149. The molecule has 35 heavy (non-hydrogen) atoms. The van der Waals surface area contributed by atoms with Crippen molar-refractivity contribution in [1.82, 2.24) is 15.5 Å². The second-order valence-corrected chi connectivity index (χ2v) is 8.61. The van der Waals surface area contributed by atoms with E-state index in [0.717, 1.165) is 0 Å². The van der Waals surface area contributed by atoms with Crippen LogP contribution in [0.3, 0.4) is 0 Å². The van der Waals surface area contributed by atoms with Gasteiger partial charge in [0.25, 0.3) is 0 Å². The molecule has 1 saturated heterocycles. The molecule has 1 rings (SSSR count). The molecular formula is C21H37N7O7. The van der Waals surface area contributed by atoms with Crippen LogP contribution in [-0.2, 0) is 24.0 Å². The zero-order chi connectivity index (χ0) is 26.7. The molecule has 0 aromatic carbocycles. The second kappa shape index (κ2) is 14.1. The number of guanidine groups is 1. The first kappa shape index (κ1) is 29.6. The zero-order valence-electron chi connectivity index (χ0n) is 20.1. The maximum Gasteiger partial charge on any atom is 0.326 e. The van der Waals surface area contributed by atoms with Gasteiger partial charge in [0.2, 0.25) is 17.7 Å². The van der Waals surface area contributed by atoms with Gasteiger partial charge in [-0.2, -0.15) is 0 Å². The molecule has 5 unspecified atom stereocenters. The molecule has 10 N–H and O–H groups in total. The van der Waals surface area contributed by atoms with Crippen molar-refractivity contribution in [3.8, 4) is 0 Å². The quantitative estimate of drug-likeness (QED) is 0.0781. The summed E-state index contributed by atoms with van der Waals surface area (Å²) in [5.74, 6) is -5.07. The molecule has 14 nitrogen and oxygen atoms in total. The lowest BCUT2D eigenvalue weighted by Gasteiger charge is -2.29. The Bertz CT molecular complexity index is 816. The number of rotatable bonds is 14. The van der Waals surface area contributed by atoms with Crippen molar-refractivity contribution in [3.63, 3.8) is 0 Å². The summed E-state index contributed by atoms with van der Waals surface area (Å²) >= 11 is 0. The molecule has 1 fully saturated rings. The molecule has 1 aliphatic heterocycles. The Morgan fingerprint density at radius 3 is 2.26 bits per heavy atom. The normalized spacial score (nSPS) is 18.6. The first-order chi connectivity index (χ1) is 16.4.